The van der Waals surface area contributed by atoms with Gasteiger partial charge in [-0.1, -0.05) is 26.0 Å². The Morgan fingerprint density at radius 3 is 2.33 bits per heavy atom. The number of hydrogen-bond acceptors (Lipinski definition) is 3. The zero-order valence-electron chi connectivity index (χ0n) is 10.9. The summed E-state index contributed by atoms with van der Waals surface area (Å²) in [6.07, 6.45) is 1.64. The zero-order valence-corrected chi connectivity index (χ0v) is 11.7. The molecule has 0 aliphatic heterocycles. The number of sulfonamides is 1. The Hall–Kier alpha value is -0.910. The van der Waals surface area contributed by atoms with E-state index in [1.807, 2.05) is 13.8 Å². The molecule has 102 valence electrons. The Bertz CT molecular complexity index is 454. The highest BCUT2D eigenvalue weighted by Crippen LogP contribution is 2.12. The van der Waals surface area contributed by atoms with Crippen molar-refractivity contribution in [3.8, 4) is 0 Å². The summed E-state index contributed by atoms with van der Waals surface area (Å²) in [6.45, 7) is 4.27. The number of aliphatic hydroxyl groups is 1. The third-order valence-electron chi connectivity index (χ3n) is 2.72. The number of hydrogen-bond donors (Lipinski definition) is 2. The number of aliphatic hydroxyl groups excluding tert-OH is 1. The minimum atomic E-state index is -3.39. The maximum Gasteiger partial charge on any atom is 0.240 e. The molecule has 1 unspecified atom stereocenters. The molecule has 5 heteroatoms. The van der Waals surface area contributed by atoms with Gasteiger partial charge in [-0.15, -0.1) is 0 Å². The molecule has 0 aliphatic carbocycles. The second kappa shape index (κ2) is 6.87. The Morgan fingerprint density at radius 1 is 1.22 bits per heavy atom. The fourth-order valence-electron chi connectivity index (χ4n) is 1.54. The second-order valence-corrected chi connectivity index (χ2v) is 6.07. The summed E-state index contributed by atoms with van der Waals surface area (Å²) in [5.74, 6) is 0. The normalized spacial score (nSPS) is 13.5. The first-order valence-electron chi connectivity index (χ1n) is 6.26. The van der Waals surface area contributed by atoms with Gasteiger partial charge >= 0.3 is 0 Å². The average molecular weight is 271 g/mol. The predicted molar refractivity (Wildman–Crippen MR) is 71.9 cm³/mol. The molecule has 18 heavy (non-hydrogen) atoms. The molecule has 4 nitrogen and oxygen atoms in total. The molecule has 0 saturated carbocycles. The maximum absolute atomic E-state index is 11.8. The van der Waals surface area contributed by atoms with Crippen LogP contribution in [0.2, 0.25) is 0 Å². The van der Waals surface area contributed by atoms with E-state index < -0.39 is 10.0 Å². The maximum atomic E-state index is 11.8. The summed E-state index contributed by atoms with van der Waals surface area (Å²) in [6, 6.07) is 6.66. The van der Waals surface area contributed by atoms with Crippen LogP contribution in [0.4, 0.5) is 0 Å². The molecule has 1 rings (SSSR count). The number of benzene rings is 1. The fraction of sp³-hybridized carbons (Fsp3) is 0.538. The highest BCUT2D eigenvalue weighted by atomic mass is 32.2. The molecule has 0 aliphatic rings. The Balaban J connectivity index is 2.76. The van der Waals surface area contributed by atoms with Gasteiger partial charge < -0.3 is 5.11 Å². The van der Waals surface area contributed by atoms with Gasteiger partial charge in [0.15, 0.2) is 0 Å². The minimum Gasteiger partial charge on any atom is -0.393 e. The lowest BCUT2D eigenvalue weighted by Crippen LogP contribution is -2.24. The lowest BCUT2D eigenvalue weighted by Gasteiger charge is -2.09. The first-order valence-corrected chi connectivity index (χ1v) is 7.74. The van der Waals surface area contributed by atoms with E-state index in [0.717, 1.165) is 12.0 Å². The largest absolute Gasteiger partial charge is 0.393 e. The molecule has 1 aromatic carbocycles. The van der Waals surface area contributed by atoms with Crippen molar-refractivity contribution < 1.29 is 13.5 Å². The van der Waals surface area contributed by atoms with E-state index in [9.17, 15) is 13.5 Å². The van der Waals surface area contributed by atoms with Crippen molar-refractivity contribution in [1.82, 2.24) is 4.72 Å². The summed E-state index contributed by atoms with van der Waals surface area (Å²) in [4.78, 5) is 0.269. The summed E-state index contributed by atoms with van der Waals surface area (Å²) in [7, 11) is -3.39. The van der Waals surface area contributed by atoms with Crippen molar-refractivity contribution in [2.24, 2.45) is 0 Å². The second-order valence-electron chi connectivity index (χ2n) is 4.31. The van der Waals surface area contributed by atoms with E-state index in [1.54, 1.807) is 24.3 Å². The Morgan fingerprint density at radius 2 is 1.83 bits per heavy atom. The van der Waals surface area contributed by atoms with Crippen LogP contribution in [0.1, 0.15) is 32.3 Å². The van der Waals surface area contributed by atoms with Crippen molar-refractivity contribution >= 4 is 10.0 Å². The molecule has 0 aromatic heterocycles. The highest BCUT2D eigenvalue weighted by molar-refractivity contribution is 7.89. The van der Waals surface area contributed by atoms with Gasteiger partial charge in [-0.3, -0.25) is 0 Å². The lowest BCUT2D eigenvalue weighted by atomic mass is 10.1. The topological polar surface area (TPSA) is 66.4 Å². The summed E-state index contributed by atoms with van der Waals surface area (Å²) >= 11 is 0. The van der Waals surface area contributed by atoms with E-state index >= 15 is 0 Å². The molecule has 2 N–H and O–H groups in total. The van der Waals surface area contributed by atoms with Gasteiger partial charge in [0.25, 0.3) is 0 Å². The third-order valence-corrected chi connectivity index (χ3v) is 4.20. The average Bonchev–Trinajstić information content (AvgIpc) is 2.37. The van der Waals surface area contributed by atoms with Crippen molar-refractivity contribution in [2.45, 2.75) is 44.1 Å². The van der Waals surface area contributed by atoms with E-state index in [4.69, 9.17) is 0 Å². The molecule has 1 atom stereocenters. The fourth-order valence-corrected chi connectivity index (χ4v) is 2.67. The van der Waals surface area contributed by atoms with E-state index in [2.05, 4.69) is 4.72 Å². The van der Waals surface area contributed by atoms with Crippen molar-refractivity contribution in [3.05, 3.63) is 29.8 Å². The van der Waals surface area contributed by atoms with Gasteiger partial charge in [0, 0.05) is 6.54 Å². The molecular weight excluding hydrogens is 250 g/mol. The van der Waals surface area contributed by atoms with Crippen molar-refractivity contribution in [1.29, 1.82) is 0 Å². The summed E-state index contributed by atoms with van der Waals surface area (Å²) < 4.78 is 26.2. The summed E-state index contributed by atoms with van der Waals surface area (Å²) in [5, 5.41) is 9.53. The van der Waals surface area contributed by atoms with Crippen LogP contribution in [0, 0.1) is 0 Å². The standard InChI is InChI=1S/C13H21NO3S/c1-3-9-14-18(16,17)13-7-5-11(6-8-13)10-12(15)4-2/h5-8,12,14-15H,3-4,9-10H2,1-2H3. The van der Waals surface area contributed by atoms with Crippen LogP contribution in [-0.2, 0) is 16.4 Å². The Labute approximate surface area is 109 Å². The molecule has 0 heterocycles. The van der Waals surface area contributed by atoms with Gasteiger partial charge in [-0.2, -0.15) is 0 Å². The predicted octanol–water partition coefficient (Wildman–Crippen LogP) is 1.69. The molecule has 1 aromatic rings. The van der Waals surface area contributed by atoms with E-state index in [-0.39, 0.29) is 11.0 Å². The van der Waals surface area contributed by atoms with Gasteiger partial charge in [0.05, 0.1) is 11.0 Å². The van der Waals surface area contributed by atoms with Crippen LogP contribution >= 0.6 is 0 Å². The molecule has 0 bridgehead atoms. The van der Waals surface area contributed by atoms with Crippen LogP contribution < -0.4 is 4.72 Å². The summed E-state index contributed by atoms with van der Waals surface area (Å²) in [5.41, 5.74) is 0.943. The third kappa shape index (κ3) is 4.40. The van der Waals surface area contributed by atoms with Gasteiger partial charge in [0.1, 0.15) is 0 Å². The van der Waals surface area contributed by atoms with Crippen LogP contribution in [0.15, 0.2) is 29.2 Å². The molecule has 0 spiro atoms. The van der Waals surface area contributed by atoms with Crippen LogP contribution in [-0.4, -0.2) is 26.2 Å². The molecule has 0 saturated heterocycles. The number of rotatable bonds is 7. The molecular formula is C13H21NO3S. The monoisotopic (exact) mass is 271 g/mol. The number of nitrogens with one attached hydrogen (secondary N) is 1. The van der Waals surface area contributed by atoms with Crippen LogP contribution in [0.5, 0.6) is 0 Å². The van der Waals surface area contributed by atoms with Gasteiger partial charge in [-0.25, -0.2) is 13.1 Å². The van der Waals surface area contributed by atoms with Gasteiger partial charge in [0.2, 0.25) is 10.0 Å². The molecule has 0 fully saturated rings. The first kappa shape index (κ1) is 15.1. The van der Waals surface area contributed by atoms with Crippen LogP contribution in [0.3, 0.4) is 0 Å². The SMILES string of the molecule is CCCNS(=O)(=O)c1ccc(CC(O)CC)cc1. The lowest BCUT2D eigenvalue weighted by molar-refractivity contribution is 0.171. The molecule has 0 amide bonds. The minimum absolute atomic E-state index is 0.269. The van der Waals surface area contributed by atoms with Crippen molar-refractivity contribution in [2.75, 3.05) is 6.54 Å². The highest BCUT2D eigenvalue weighted by Gasteiger charge is 2.12. The smallest absolute Gasteiger partial charge is 0.240 e. The van der Waals surface area contributed by atoms with Crippen LogP contribution in [0.25, 0.3) is 0 Å². The van der Waals surface area contributed by atoms with E-state index in [1.165, 1.54) is 0 Å². The first-order chi connectivity index (χ1) is 8.49. The van der Waals surface area contributed by atoms with Crippen molar-refractivity contribution in [3.63, 3.8) is 0 Å². The molecule has 0 radical (unpaired) electrons. The quantitative estimate of drug-likeness (QED) is 0.793. The Kier molecular flexibility index (Phi) is 5.78. The van der Waals surface area contributed by atoms with E-state index in [0.29, 0.717) is 19.4 Å². The van der Waals surface area contributed by atoms with Gasteiger partial charge in [-0.05, 0) is 37.0 Å². The zero-order chi connectivity index (χ0) is 13.6.